The SMILES string of the molecule is O=C([C@@H]1CCCN1C(=O)c1cccs1)N1CCc2cc(S(=O)(=O)N3CCCCC3)ccc21. The molecular formula is C23H27N3O4S2. The molecule has 3 aliphatic heterocycles. The van der Waals surface area contributed by atoms with E-state index in [0.717, 1.165) is 36.9 Å². The Bertz CT molecular complexity index is 1120. The predicted octanol–water partition coefficient (Wildman–Crippen LogP) is 3.12. The molecule has 1 atom stereocenters. The van der Waals surface area contributed by atoms with Crippen molar-refractivity contribution >= 4 is 38.9 Å². The molecule has 7 nitrogen and oxygen atoms in total. The van der Waals surface area contributed by atoms with E-state index in [-0.39, 0.29) is 11.8 Å². The highest BCUT2D eigenvalue weighted by Gasteiger charge is 2.39. The number of sulfonamides is 1. The number of rotatable bonds is 4. The Hall–Kier alpha value is -2.23. The van der Waals surface area contributed by atoms with Crippen LogP contribution in [-0.2, 0) is 21.2 Å². The quantitative estimate of drug-likeness (QED) is 0.684. The first-order valence-corrected chi connectivity index (χ1v) is 13.6. The van der Waals surface area contributed by atoms with Gasteiger partial charge in [0, 0.05) is 31.9 Å². The second kappa shape index (κ2) is 8.61. The van der Waals surface area contributed by atoms with Crippen LogP contribution in [-0.4, -0.2) is 61.7 Å². The maximum Gasteiger partial charge on any atom is 0.264 e. The van der Waals surface area contributed by atoms with Crippen LogP contribution in [0.3, 0.4) is 0 Å². The Morgan fingerprint density at radius 1 is 0.969 bits per heavy atom. The van der Waals surface area contributed by atoms with Gasteiger partial charge in [-0.2, -0.15) is 4.31 Å². The van der Waals surface area contributed by atoms with Crippen molar-refractivity contribution in [3.63, 3.8) is 0 Å². The van der Waals surface area contributed by atoms with Gasteiger partial charge in [0.25, 0.3) is 5.91 Å². The third-order valence-corrected chi connectivity index (χ3v) is 9.45. The van der Waals surface area contributed by atoms with Gasteiger partial charge < -0.3 is 9.80 Å². The molecule has 3 aliphatic rings. The van der Waals surface area contributed by atoms with Crippen molar-refractivity contribution in [2.24, 2.45) is 0 Å². The number of amides is 2. The number of benzene rings is 1. The lowest BCUT2D eigenvalue weighted by molar-refractivity contribution is -0.122. The summed E-state index contributed by atoms with van der Waals surface area (Å²) in [6.45, 7) is 2.24. The van der Waals surface area contributed by atoms with E-state index in [4.69, 9.17) is 0 Å². The molecule has 0 radical (unpaired) electrons. The van der Waals surface area contributed by atoms with Crippen molar-refractivity contribution in [2.75, 3.05) is 31.1 Å². The van der Waals surface area contributed by atoms with Crippen LogP contribution in [0.25, 0.3) is 0 Å². The van der Waals surface area contributed by atoms with Gasteiger partial charge in [0.1, 0.15) is 6.04 Å². The lowest BCUT2D eigenvalue weighted by Gasteiger charge is -2.28. The van der Waals surface area contributed by atoms with Crippen LogP contribution in [0.5, 0.6) is 0 Å². The lowest BCUT2D eigenvalue weighted by atomic mass is 10.1. The normalized spacial score (nSPS) is 21.7. The van der Waals surface area contributed by atoms with E-state index >= 15 is 0 Å². The lowest BCUT2D eigenvalue weighted by Crippen LogP contribution is -2.47. The highest BCUT2D eigenvalue weighted by molar-refractivity contribution is 7.89. The van der Waals surface area contributed by atoms with Crippen LogP contribution in [0, 0.1) is 0 Å². The van der Waals surface area contributed by atoms with E-state index in [0.29, 0.717) is 48.8 Å². The molecular weight excluding hydrogens is 446 g/mol. The smallest absolute Gasteiger partial charge is 0.264 e. The van der Waals surface area contributed by atoms with Crippen LogP contribution >= 0.6 is 11.3 Å². The van der Waals surface area contributed by atoms with E-state index in [1.807, 2.05) is 11.4 Å². The summed E-state index contributed by atoms with van der Waals surface area (Å²) in [6.07, 6.45) is 4.95. The Labute approximate surface area is 192 Å². The molecule has 0 spiro atoms. The Morgan fingerprint density at radius 3 is 2.53 bits per heavy atom. The average molecular weight is 474 g/mol. The van der Waals surface area contributed by atoms with E-state index < -0.39 is 16.1 Å². The van der Waals surface area contributed by atoms with Crippen molar-refractivity contribution in [2.45, 2.75) is 49.5 Å². The number of carbonyl (C=O) groups is 2. The van der Waals surface area contributed by atoms with Gasteiger partial charge in [-0.05, 0) is 67.3 Å². The fraction of sp³-hybridized carbons (Fsp3) is 0.478. The molecule has 5 rings (SSSR count). The number of anilines is 1. The zero-order valence-corrected chi connectivity index (χ0v) is 19.5. The van der Waals surface area contributed by atoms with Gasteiger partial charge in [-0.15, -0.1) is 11.3 Å². The Balaban J connectivity index is 1.36. The van der Waals surface area contributed by atoms with Crippen molar-refractivity contribution in [3.8, 4) is 0 Å². The molecule has 2 saturated heterocycles. The van der Waals surface area contributed by atoms with Crippen LogP contribution in [0.4, 0.5) is 5.69 Å². The zero-order chi connectivity index (χ0) is 22.3. The molecule has 1 aromatic carbocycles. The summed E-state index contributed by atoms with van der Waals surface area (Å²) in [7, 11) is -3.50. The van der Waals surface area contributed by atoms with Crippen LogP contribution < -0.4 is 4.90 Å². The first-order chi connectivity index (χ1) is 15.5. The van der Waals surface area contributed by atoms with Gasteiger partial charge in [0.05, 0.1) is 9.77 Å². The minimum absolute atomic E-state index is 0.0715. The summed E-state index contributed by atoms with van der Waals surface area (Å²) >= 11 is 1.39. The largest absolute Gasteiger partial charge is 0.326 e. The third kappa shape index (κ3) is 3.76. The molecule has 0 N–H and O–H groups in total. The number of nitrogens with zero attached hydrogens (tertiary/aromatic N) is 3. The molecule has 0 unspecified atom stereocenters. The molecule has 4 heterocycles. The molecule has 0 saturated carbocycles. The number of hydrogen-bond donors (Lipinski definition) is 0. The highest BCUT2D eigenvalue weighted by Crippen LogP contribution is 2.34. The maximum atomic E-state index is 13.4. The average Bonchev–Trinajstić information content (AvgIpc) is 3.59. The van der Waals surface area contributed by atoms with Gasteiger partial charge in [-0.3, -0.25) is 9.59 Å². The fourth-order valence-electron chi connectivity index (χ4n) is 5.01. The molecule has 0 aliphatic carbocycles. The number of thiophene rings is 1. The second-order valence-corrected chi connectivity index (χ2v) is 11.5. The summed E-state index contributed by atoms with van der Waals surface area (Å²) in [6, 6.07) is 8.29. The minimum atomic E-state index is -3.50. The summed E-state index contributed by atoms with van der Waals surface area (Å²) < 4.78 is 27.7. The monoisotopic (exact) mass is 473 g/mol. The molecule has 170 valence electrons. The van der Waals surface area contributed by atoms with Crippen LogP contribution in [0.1, 0.15) is 47.3 Å². The third-order valence-electron chi connectivity index (χ3n) is 6.70. The predicted molar refractivity (Wildman–Crippen MR) is 123 cm³/mol. The van der Waals surface area contributed by atoms with Gasteiger partial charge in [-0.1, -0.05) is 12.5 Å². The van der Waals surface area contributed by atoms with E-state index in [9.17, 15) is 18.0 Å². The number of hydrogen-bond acceptors (Lipinski definition) is 5. The molecule has 2 fully saturated rings. The topological polar surface area (TPSA) is 78.0 Å². The number of piperidine rings is 1. The van der Waals surface area contributed by atoms with Gasteiger partial charge >= 0.3 is 0 Å². The van der Waals surface area contributed by atoms with Gasteiger partial charge in [-0.25, -0.2) is 8.42 Å². The zero-order valence-electron chi connectivity index (χ0n) is 17.9. The molecule has 9 heteroatoms. The van der Waals surface area contributed by atoms with Gasteiger partial charge in [0.2, 0.25) is 15.9 Å². The minimum Gasteiger partial charge on any atom is -0.326 e. The number of fused-ring (bicyclic) bond motifs is 1. The fourth-order valence-corrected chi connectivity index (χ4v) is 7.26. The number of carbonyl (C=O) groups excluding carboxylic acids is 2. The standard InChI is InChI=1S/C23H27N3O4S2/c27-22(20-6-4-13-25(20)23(28)21-7-5-15-31-21)26-14-10-17-16-18(8-9-19(17)26)32(29,30)24-11-2-1-3-12-24/h5,7-9,15-16,20H,1-4,6,10-14H2/t20-/m0/s1. The van der Waals surface area contributed by atoms with Crippen molar-refractivity contribution in [1.82, 2.24) is 9.21 Å². The molecule has 32 heavy (non-hydrogen) atoms. The van der Waals surface area contributed by atoms with Crippen molar-refractivity contribution in [3.05, 3.63) is 46.2 Å². The first-order valence-electron chi connectivity index (χ1n) is 11.3. The number of likely N-dealkylation sites (tertiary alicyclic amines) is 1. The molecule has 2 aromatic rings. The van der Waals surface area contributed by atoms with E-state index in [1.54, 1.807) is 38.4 Å². The van der Waals surface area contributed by atoms with E-state index in [2.05, 4.69) is 0 Å². The van der Waals surface area contributed by atoms with Crippen LogP contribution in [0.2, 0.25) is 0 Å². The Morgan fingerprint density at radius 2 is 1.78 bits per heavy atom. The highest BCUT2D eigenvalue weighted by atomic mass is 32.2. The van der Waals surface area contributed by atoms with Gasteiger partial charge in [0.15, 0.2) is 0 Å². The molecule has 0 bridgehead atoms. The van der Waals surface area contributed by atoms with Crippen molar-refractivity contribution in [1.29, 1.82) is 0 Å². The summed E-state index contributed by atoms with van der Waals surface area (Å²) in [4.78, 5) is 30.7. The summed E-state index contributed by atoms with van der Waals surface area (Å²) in [5, 5.41) is 1.87. The maximum absolute atomic E-state index is 13.4. The first kappa shape index (κ1) is 21.6. The summed E-state index contributed by atoms with van der Waals surface area (Å²) in [5.41, 5.74) is 1.65. The van der Waals surface area contributed by atoms with E-state index in [1.165, 1.54) is 11.3 Å². The second-order valence-electron chi connectivity index (χ2n) is 8.63. The van der Waals surface area contributed by atoms with Crippen LogP contribution in [0.15, 0.2) is 40.6 Å². The Kier molecular flexibility index (Phi) is 5.81. The van der Waals surface area contributed by atoms with Crippen molar-refractivity contribution < 1.29 is 18.0 Å². The molecule has 2 amide bonds. The summed E-state index contributed by atoms with van der Waals surface area (Å²) in [5.74, 6) is -0.156. The molecule has 1 aromatic heterocycles.